The Hall–Kier alpha value is -3.32. The summed E-state index contributed by atoms with van der Waals surface area (Å²) in [7, 11) is 0. The van der Waals surface area contributed by atoms with E-state index in [1.807, 2.05) is 74.5 Å². The maximum atomic E-state index is 10.2. The third-order valence-corrected chi connectivity index (χ3v) is 4.05. The molecule has 0 heterocycles. The first-order chi connectivity index (χ1) is 12.7. The minimum atomic E-state index is -0.131. The number of nitrogens with zero attached hydrogens (tertiary/aromatic N) is 2. The largest absolute Gasteiger partial charge is 0.235 e. The molecule has 0 bridgehead atoms. The molecule has 2 unspecified atom stereocenters. The standard InChI is InChI=1S/C13H11NO.C9H9NO/c1-10(14-9-15)12-8-4-6-11-5-2-3-7-13(11)12;1-8(10-7-11)9-5-3-2-4-6-9/h2-8,10H,1H3;2-6,8H,1H3. The van der Waals surface area contributed by atoms with Gasteiger partial charge < -0.3 is 0 Å². The molecular formula is C22H20N2O2. The number of aliphatic imine (C=N–C) groups is 2. The molecule has 0 saturated heterocycles. The Bertz CT molecular complexity index is 935. The minimum absolute atomic E-state index is 0.0753. The molecule has 0 saturated carbocycles. The molecule has 4 heteroatoms. The second-order valence-electron chi connectivity index (χ2n) is 5.77. The van der Waals surface area contributed by atoms with Crippen LogP contribution in [0.15, 0.2) is 82.8 Å². The van der Waals surface area contributed by atoms with Crippen molar-refractivity contribution in [2.24, 2.45) is 9.98 Å². The van der Waals surface area contributed by atoms with Gasteiger partial charge in [-0.3, -0.25) is 0 Å². The summed E-state index contributed by atoms with van der Waals surface area (Å²) in [4.78, 5) is 27.5. The number of isocyanates is 2. The van der Waals surface area contributed by atoms with E-state index < -0.39 is 0 Å². The van der Waals surface area contributed by atoms with Gasteiger partial charge in [0.15, 0.2) is 0 Å². The average Bonchev–Trinajstić information content (AvgIpc) is 2.69. The molecule has 0 aliphatic carbocycles. The van der Waals surface area contributed by atoms with Crippen LogP contribution in [0.3, 0.4) is 0 Å². The van der Waals surface area contributed by atoms with Crippen LogP contribution in [-0.2, 0) is 9.59 Å². The van der Waals surface area contributed by atoms with E-state index in [-0.39, 0.29) is 12.1 Å². The first-order valence-corrected chi connectivity index (χ1v) is 8.34. The highest BCUT2D eigenvalue weighted by molar-refractivity contribution is 5.86. The van der Waals surface area contributed by atoms with Crippen molar-refractivity contribution in [1.29, 1.82) is 0 Å². The van der Waals surface area contributed by atoms with Crippen LogP contribution < -0.4 is 0 Å². The summed E-state index contributed by atoms with van der Waals surface area (Å²) in [5, 5.41) is 2.31. The van der Waals surface area contributed by atoms with Gasteiger partial charge in [0.1, 0.15) is 0 Å². The Morgan fingerprint density at radius 3 is 1.96 bits per heavy atom. The monoisotopic (exact) mass is 344 g/mol. The Balaban J connectivity index is 0.000000197. The van der Waals surface area contributed by atoms with Crippen molar-refractivity contribution in [2.75, 3.05) is 0 Å². The predicted molar refractivity (Wildman–Crippen MR) is 103 cm³/mol. The van der Waals surface area contributed by atoms with E-state index >= 15 is 0 Å². The van der Waals surface area contributed by atoms with Gasteiger partial charge >= 0.3 is 0 Å². The molecule has 130 valence electrons. The van der Waals surface area contributed by atoms with Crippen LogP contribution in [0, 0.1) is 0 Å². The van der Waals surface area contributed by atoms with Gasteiger partial charge in [0.2, 0.25) is 12.2 Å². The van der Waals surface area contributed by atoms with Gasteiger partial charge in [0.05, 0.1) is 12.1 Å². The van der Waals surface area contributed by atoms with Crippen molar-refractivity contribution in [2.45, 2.75) is 25.9 Å². The molecule has 3 rings (SSSR count). The molecule has 0 spiro atoms. The topological polar surface area (TPSA) is 58.9 Å². The maximum absolute atomic E-state index is 10.2. The Morgan fingerprint density at radius 2 is 1.27 bits per heavy atom. The quantitative estimate of drug-likeness (QED) is 0.475. The number of hydrogen-bond acceptors (Lipinski definition) is 4. The fraction of sp³-hybridized carbons (Fsp3) is 0.182. The third-order valence-electron chi connectivity index (χ3n) is 4.05. The van der Waals surface area contributed by atoms with E-state index in [9.17, 15) is 9.59 Å². The molecule has 2 atom stereocenters. The first-order valence-electron chi connectivity index (χ1n) is 8.34. The Morgan fingerprint density at radius 1 is 0.692 bits per heavy atom. The number of carbonyl (C=O) groups excluding carboxylic acids is 2. The van der Waals surface area contributed by atoms with Crippen molar-refractivity contribution in [3.8, 4) is 0 Å². The lowest BCUT2D eigenvalue weighted by Crippen LogP contribution is -1.90. The van der Waals surface area contributed by atoms with Crippen LogP contribution in [0.5, 0.6) is 0 Å². The zero-order valence-corrected chi connectivity index (χ0v) is 14.8. The van der Waals surface area contributed by atoms with Gasteiger partial charge in [0, 0.05) is 0 Å². The minimum Gasteiger partial charge on any atom is -0.211 e. The molecule has 0 amide bonds. The lowest BCUT2D eigenvalue weighted by Gasteiger charge is -2.08. The second-order valence-corrected chi connectivity index (χ2v) is 5.77. The number of benzene rings is 3. The van der Waals surface area contributed by atoms with Crippen molar-refractivity contribution in [3.05, 3.63) is 83.9 Å². The van der Waals surface area contributed by atoms with Gasteiger partial charge in [0.25, 0.3) is 0 Å². The second kappa shape index (κ2) is 9.85. The summed E-state index contributed by atoms with van der Waals surface area (Å²) in [6.07, 6.45) is 3.15. The summed E-state index contributed by atoms with van der Waals surface area (Å²) in [6.45, 7) is 3.76. The molecule has 3 aromatic rings. The van der Waals surface area contributed by atoms with Gasteiger partial charge in [-0.25, -0.2) is 9.59 Å². The Kier molecular flexibility index (Phi) is 7.20. The molecular weight excluding hydrogens is 324 g/mol. The summed E-state index contributed by atoms with van der Waals surface area (Å²) in [5.74, 6) is 0. The third kappa shape index (κ3) is 5.09. The van der Waals surface area contributed by atoms with Crippen LogP contribution in [0.1, 0.15) is 37.1 Å². The average molecular weight is 344 g/mol. The van der Waals surface area contributed by atoms with E-state index in [2.05, 4.69) is 22.1 Å². The van der Waals surface area contributed by atoms with Crippen LogP contribution in [0.4, 0.5) is 0 Å². The smallest absolute Gasteiger partial charge is 0.211 e. The van der Waals surface area contributed by atoms with Crippen LogP contribution in [-0.4, -0.2) is 12.2 Å². The summed E-state index contributed by atoms with van der Waals surface area (Å²) >= 11 is 0. The SMILES string of the molecule is CC(N=C=O)c1cccc2ccccc12.CC(N=C=O)c1ccccc1. The van der Waals surface area contributed by atoms with Gasteiger partial charge in [-0.15, -0.1) is 0 Å². The number of rotatable bonds is 4. The Labute approximate surface area is 152 Å². The predicted octanol–water partition coefficient (Wildman–Crippen LogP) is 5.32. The van der Waals surface area contributed by atoms with E-state index in [4.69, 9.17) is 0 Å². The summed E-state index contributed by atoms with van der Waals surface area (Å²) < 4.78 is 0. The maximum Gasteiger partial charge on any atom is 0.235 e. The molecule has 4 nitrogen and oxygen atoms in total. The highest BCUT2D eigenvalue weighted by atomic mass is 16.1. The normalized spacial score (nSPS) is 11.9. The lowest BCUT2D eigenvalue weighted by molar-refractivity contribution is 0.559. The van der Waals surface area contributed by atoms with Crippen LogP contribution in [0.2, 0.25) is 0 Å². The van der Waals surface area contributed by atoms with E-state index in [1.54, 1.807) is 12.2 Å². The molecule has 0 N–H and O–H groups in total. The molecule has 0 aliphatic heterocycles. The fourth-order valence-corrected chi connectivity index (χ4v) is 2.65. The zero-order chi connectivity index (χ0) is 18.8. The van der Waals surface area contributed by atoms with E-state index in [0.29, 0.717) is 0 Å². The first kappa shape index (κ1) is 19.0. The van der Waals surface area contributed by atoms with Gasteiger partial charge in [-0.1, -0.05) is 72.8 Å². The molecule has 0 fully saturated rings. The summed E-state index contributed by atoms with van der Waals surface area (Å²) in [5.41, 5.74) is 2.10. The summed E-state index contributed by atoms with van der Waals surface area (Å²) in [6, 6.07) is 23.6. The van der Waals surface area contributed by atoms with Crippen molar-refractivity contribution >= 4 is 22.9 Å². The van der Waals surface area contributed by atoms with Crippen molar-refractivity contribution in [1.82, 2.24) is 0 Å². The van der Waals surface area contributed by atoms with E-state index in [1.165, 1.54) is 5.39 Å². The number of fused-ring (bicyclic) bond motifs is 1. The molecule has 26 heavy (non-hydrogen) atoms. The molecule has 0 aromatic heterocycles. The van der Waals surface area contributed by atoms with Gasteiger partial charge in [-0.2, -0.15) is 9.98 Å². The fourth-order valence-electron chi connectivity index (χ4n) is 2.65. The highest BCUT2D eigenvalue weighted by Crippen LogP contribution is 2.25. The van der Waals surface area contributed by atoms with Crippen molar-refractivity contribution < 1.29 is 9.59 Å². The molecule has 0 aliphatic rings. The number of hydrogen-bond donors (Lipinski definition) is 0. The molecule has 3 aromatic carbocycles. The highest BCUT2D eigenvalue weighted by Gasteiger charge is 2.06. The van der Waals surface area contributed by atoms with Crippen LogP contribution in [0.25, 0.3) is 10.8 Å². The van der Waals surface area contributed by atoms with E-state index in [0.717, 1.165) is 16.5 Å². The van der Waals surface area contributed by atoms with Crippen LogP contribution >= 0.6 is 0 Å². The zero-order valence-electron chi connectivity index (χ0n) is 14.8. The van der Waals surface area contributed by atoms with Crippen molar-refractivity contribution in [3.63, 3.8) is 0 Å². The van der Waals surface area contributed by atoms with Gasteiger partial charge in [-0.05, 0) is 35.7 Å². The molecule has 0 radical (unpaired) electrons. The lowest BCUT2D eigenvalue weighted by atomic mass is 10.0.